The lowest BCUT2D eigenvalue weighted by molar-refractivity contribution is 0.193. The van der Waals surface area contributed by atoms with Crippen molar-refractivity contribution >= 4 is 24.2 Å². The van der Waals surface area contributed by atoms with Crippen molar-refractivity contribution in [2.75, 3.05) is 5.33 Å². The average molecular weight is 331 g/mol. The molecule has 1 nitrogen and oxygen atoms in total. The lowest BCUT2D eigenvalue weighted by Crippen LogP contribution is -2.44. The molecule has 0 amide bonds. The molecule has 3 heteroatoms. The van der Waals surface area contributed by atoms with Crippen LogP contribution in [0.5, 0.6) is 0 Å². The molecule has 0 aliphatic carbocycles. The van der Waals surface area contributed by atoms with E-state index in [4.69, 9.17) is 4.43 Å². The Kier molecular flexibility index (Phi) is 7.50. The van der Waals surface area contributed by atoms with Gasteiger partial charge in [0, 0.05) is 11.2 Å². The van der Waals surface area contributed by atoms with Gasteiger partial charge in [-0.15, -0.1) is 5.92 Å². The molecule has 0 bridgehead atoms. The van der Waals surface area contributed by atoms with Crippen LogP contribution in [0.1, 0.15) is 34.6 Å². The van der Waals surface area contributed by atoms with E-state index in [0.717, 1.165) is 5.33 Å². The largest absolute Gasteiger partial charge is 0.409 e. The van der Waals surface area contributed by atoms with E-state index < -0.39 is 8.32 Å². The fraction of sp³-hybridized carbons (Fsp3) is 0.733. The van der Waals surface area contributed by atoms with E-state index in [9.17, 15) is 0 Å². The second-order valence-corrected chi connectivity index (χ2v) is 11.5. The summed E-state index contributed by atoms with van der Waals surface area (Å²) in [6, 6.07) is 0. The zero-order valence-corrected chi connectivity index (χ0v) is 15.4. The molecule has 0 radical (unpaired) electrons. The fourth-order valence-corrected chi connectivity index (χ4v) is 2.85. The molecule has 0 saturated heterocycles. The Bertz CT molecular complexity index is 331. The molecule has 0 unspecified atom stereocenters. The standard InChI is InChI=1S/C15H27BrOSi/c1-8-10-13(2)14(11-9-12-16)17-18(6,7)15(3,4)5/h9,11,13-14H,12H2,1-7H3/b11-9+/t13-,14+/m1/s1. The summed E-state index contributed by atoms with van der Waals surface area (Å²) in [5.74, 6) is 6.43. The average Bonchev–Trinajstić information content (AvgIpc) is 2.22. The van der Waals surface area contributed by atoms with Crippen molar-refractivity contribution in [2.24, 2.45) is 5.92 Å². The topological polar surface area (TPSA) is 9.23 Å². The van der Waals surface area contributed by atoms with Crippen molar-refractivity contribution in [3.63, 3.8) is 0 Å². The van der Waals surface area contributed by atoms with E-state index in [1.54, 1.807) is 0 Å². The second kappa shape index (κ2) is 7.52. The number of alkyl halides is 1. The van der Waals surface area contributed by atoms with Crippen LogP contribution in [0.2, 0.25) is 18.1 Å². The van der Waals surface area contributed by atoms with Crippen LogP contribution in [0, 0.1) is 17.8 Å². The minimum atomic E-state index is -1.74. The highest BCUT2D eigenvalue weighted by Crippen LogP contribution is 2.38. The first kappa shape index (κ1) is 18.0. The van der Waals surface area contributed by atoms with Crippen LogP contribution in [-0.4, -0.2) is 19.8 Å². The summed E-state index contributed by atoms with van der Waals surface area (Å²) in [6.45, 7) is 15.4. The summed E-state index contributed by atoms with van der Waals surface area (Å²) in [5, 5.41) is 1.09. The summed E-state index contributed by atoms with van der Waals surface area (Å²) >= 11 is 3.42. The molecule has 0 aliphatic rings. The first-order valence-electron chi connectivity index (χ1n) is 6.48. The smallest absolute Gasteiger partial charge is 0.192 e. The first-order valence-corrected chi connectivity index (χ1v) is 10.5. The van der Waals surface area contributed by atoms with Crippen LogP contribution >= 0.6 is 15.9 Å². The summed E-state index contributed by atoms with van der Waals surface area (Å²) in [5.41, 5.74) is 0. The monoisotopic (exact) mass is 330 g/mol. The van der Waals surface area contributed by atoms with Gasteiger partial charge in [-0.3, -0.25) is 0 Å². The zero-order chi connectivity index (χ0) is 14.4. The maximum atomic E-state index is 6.45. The maximum absolute atomic E-state index is 6.45. The van der Waals surface area contributed by atoms with Gasteiger partial charge >= 0.3 is 0 Å². The predicted octanol–water partition coefficient (Wildman–Crippen LogP) is 4.99. The highest BCUT2D eigenvalue weighted by molar-refractivity contribution is 9.09. The molecular formula is C15H27BrOSi. The number of allylic oxidation sites excluding steroid dienone is 1. The Balaban J connectivity index is 4.99. The van der Waals surface area contributed by atoms with Gasteiger partial charge in [0.25, 0.3) is 0 Å². The van der Waals surface area contributed by atoms with Crippen LogP contribution in [-0.2, 0) is 4.43 Å². The maximum Gasteiger partial charge on any atom is 0.192 e. The van der Waals surface area contributed by atoms with Crippen molar-refractivity contribution in [1.82, 2.24) is 0 Å². The zero-order valence-electron chi connectivity index (χ0n) is 12.8. The Morgan fingerprint density at radius 2 is 1.89 bits per heavy atom. The van der Waals surface area contributed by atoms with Crippen molar-refractivity contribution < 1.29 is 4.43 Å². The van der Waals surface area contributed by atoms with Crippen molar-refractivity contribution in [3.05, 3.63) is 12.2 Å². The van der Waals surface area contributed by atoms with Gasteiger partial charge in [0.2, 0.25) is 0 Å². The summed E-state index contributed by atoms with van der Waals surface area (Å²) in [6.07, 6.45) is 4.34. The highest BCUT2D eigenvalue weighted by atomic mass is 79.9. The number of rotatable bonds is 5. The SMILES string of the molecule is CC#C[C@@H](C)[C@H](/C=C/CBr)O[Si](C)(C)C(C)(C)C. The number of hydrogen-bond donors (Lipinski definition) is 0. The van der Waals surface area contributed by atoms with E-state index in [2.05, 4.69) is 80.7 Å². The Morgan fingerprint density at radius 3 is 2.28 bits per heavy atom. The summed E-state index contributed by atoms with van der Waals surface area (Å²) in [7, 11) is -1.74. The number of halogens is 1. The molecule has 0 fully saturated rings. The summed E-state index contributed by atoms with van der Waals surface area (Å²) in [4.78, 5) is 0. The van der Waals surface area contributed by atoms with Gasteiger partial charge in [0.15, 0.2) is 8.32 Å². The Hall–Kier alpha value is -0.0431. The van der Waals surface area contributed by atoms with Crippen molar-refractivity contribution in [2.45, 2.75) is 58.9 Å². The Morgan fingerprint density at radius 1 is 1.33 bits per heavy atom. The fourth-order valence-electron chi connectivity index (χ4n) is 1.32. The molecule has 0 aliphatic heterocycles. The Labute approximate surface area is 123 Å². The molecular weight excluding hydrogens is 304 g/mol. The minimum absolute atomic E-state index is 0.0934. The lowest BCUT2D eigenvalue weighted by Gasteiger charge is -2.39. The van der Waals surface area contributed by atoms with E-state index in [1.807, 2.05) is 6.92 Å². The van der Waals surface area contributed by atoms with Gasteiger partial charge < -0.3 is 4.43 Å². The van der Waals surface area contributed by atoms with Crippen LogP contribution in [0.25, 0.3) is 0 Å². The van der Waals surface area contributed by atoms with Crippen LogP contribution in [0.4, 0.5) is 0 Å². The molecule has 0 aromatic rings. The lowest BCUT2D eigenvalue weighted by atomic mass is 10.1. The molecule has 0 rings (SSSR count). The van der Waals surface area contributed by atoms with Crippen LogP contribution < -0.4 is 0 Å². The second-order valence-electron chi connectivity index (χ2n) is 6.11. The molecule has 18 heavy (non-hydrogen) atoms. The van der Waals surface area contributed by atoms with Crippen molar-refractivity contribution in [3.8, 4) is 11.8 Å². The van der Waals surface area contributed by atoms with Crippen LogP contribution in [0.15, 0.2) is 12.2 Å². The molecule has 0 aromatic carbocycles. The minimum Gasteiger partial charge on any atom is -0.409 e. The third-order valence-corrected chi connectivity index (χ3v) is 8.36. The van der Waals surface area contributed by atoms with Gasteiger partial charge in [-0.25, -0.2) is 0 Å². The van der Waals surface area contributed by atoms with Gasteiger partial charge in [0.1, 0.15) is 0 Å². The van der Waals surface area contributed by atoms with Crippen molar-refractivity contribution in [1.29, 1.82) is 0 Å². The van der Waals surface area contributed by atoms with Gasteiger partial charge in [-0.1, -0.05) is 54.8 Å². The third kappa shape index (κ3) is 5.73. The number of hydrogen-bond acceptors (Lipinski definition) is 1. The van der Waals surface area contributed by atoms with E-state index in [-0.39, 0.29) is 17.1 Å². The summed E-state index contributed by atoms with van der Waals surface area (Å²) < 4.78 is 6.45. The quantitative estimate of drug-likeness (QED) is 0.298. The van der Waals surface area contributed by atoms with Gasteiger partial charge in [0.05, 0.1) is 6.10 Å². The normalized spacial score (nSPS) is 16.2. The molecule has 2 atom stereocenters. The van der Waals surface area contributed by atoms with E-state index in [0.29, 0.717) is 0 Å². The molecule has 0 N–H and O–H groups in total. The molecule has 0 aromatic heterocycles. The van der Waals surface area contributed by atoms with E-state index >= 15 is 0 Å². The highest BCUT2D eigenvalue weighted by Gasteiger charge is 2.39. The van der Waals surface area contributed by atoms with E-state index in [1.165, 1.54) is 0 Å². The third-order valence-electron chi connectivity index (χ3n) is 3.52. The molecule has 104 valence electrons. The molecule has 0 spiro atoms. The van der Waals surface area contributed by atoms with Crippen LogP contribution in [0.3, 0.4) is 0 Å². The molecule has 0 heterocycles. The first-order chi connectivity index (χ1) is 8.15. The van der Waals surface area contributed by atoms with Gasteiger partial charge in [-0.05, 0) is 32.0 Å². The molecule has 0 saturated carbocycles. The van der Waals surface area contributed by atoms with Gasteiger partial charge in [-0.2, -0.15) is 0 Å². The predicted molar refractivity (Wildman–Crippen MR) is 87.6 cm³/mol.